The topological polar surface area (TPSA) is 70.0 Å². The molecule has 0 aromatic heterocycles. The Balaban J connectivity index is 2.64. The molecule has 1 unspecified atom stereocenters. The van der Waals surface area contributed by atoms with E-state index in [2.05, 4.69) is 5.29 Å². The van der Waals surface area contributed by atoms with E-state index in [1.807, 2.05) is 13.8 Å². The predicted molar refractivity (Wildman–Crippen MR) is 46.9 cm³/mol. The molecule has 1 fully saturated rings. The third-order valence-corrected chi connectivity index (χ3v) is 2.66. The van der Waals surface area contributed by atoms with Crippen molar-refractivity contribution < 1.29 is 9.90 Å². The molecular formula is C8H14N2O3. The van der Waals surface area contributed by atoms with Crippen molar-refractivity contribution in [2.45, 2.75) is 20.3 Å². The molecule has 0 amide bonds. The van der Waals surface area contributed by atoms with Crippen LogP contribution in [0.3, 0.4) is 0 Å². The summed E-state index contributed by atoms with van der Waals surface area (Å²) < 4.78 is 0. The molecule has 74 valence electrons. The Hall–Kier alpha value is -1.13. The fourth-order valence-corrected chi connectivity index (χ4v) is 1.78. The van der Waals surface area contributed by atoms with Crippen molar-refractivity contribution in [3.05, 3.63) is 4.91 Å². The monoisotopic (exact) mass is 186 g/mol. The van der Waals surface area contributed by atoms with Gasteiger partial charge in [-0.05, 0) is 11.3 Å². The van der Waals surface area contributed by atoms with Crippen molar-refractivity contribution in [3.8, 4) is 0 Å². The molecule has 1 heterocycles. The molecule has 0 bridgehead atoms. The Labute approximate surface area is 76.7 Å². The van der Waals surface area contributed by atoms with E-state index < -0.39 is 5.97 Å². The first-order valence-corrected chi connectivity index (χ1v) is 4.26. The fourth-order valence-electron chi connectivity index (χ4n) is 1.78. The van der Waals surface area contributed by atoms with Gasteiger partial charge in [0.05, 0.1) is 11.7 Å². The third kappa shape index (κ3) is 2.17. The van der Waals surface area contributed by atoms with Crippen LogP contribution in [0.2, 0.25) is 0 Å². The second kappa shape index (κ2) is 3.32. The largest absolute Gasteiger partial charge is 0.481 e. The normalized spacial score (nSPS) is 26.0. The Morgan fingerprint density at radius 3 is 2.69 bits per heavy atom. The standard InChI is InChI=1S/C8H14N2O3/c1-8(2)5-10(9-13)4-6(8)3-7(11)12/h6H,3-5H2,1-2H3,(H,11,12). The fraction of sp³-hybridized carbons (Fsp3) is 0.875. The summed E-state index contributed by atoms with van der Waals surface area (Å²) in [6.07, 6.45) is 0.110. The molecule has 1 aliphatic rings. The highest BCUT2D eigenvalue weighted by Crippen LogP contribution is 2.37. The van der Waals surface area contributed by atoms with Crippen LogP contribution in [-0.2, 0) is 4.79 Å². The summed E-state index contributed by atoms with van der Waals surface area (Å²) in [6.45, 7) is 4.94. The highest BCUT2D eigenvalue weighted by molar-refractivity contribution is 5.67. The van der Waals surface area contributed by atoms with E-state index >= 15 is 0 Å². The Morgan fingerprint density at radius 2 is 2.31 bits per heavy atom. The Kier molecular flexibility index (Phi) is 2.54. The van der Waals surface area contributed by atoms with Crippen LogP contribution >= 0.6 is 0 Å². The number of hydrogen-bond acceptors (Lipinski definition) is 3. The van der Waals surface area contributed by atoms with Crippen molar-refractivity contribution >= 4 is 5.97 Å². The van der Waals surface area contributed by atoms with Crippen LogP contribution in [0, 0.1) is 16.2 Å². The first-order chi connectivity index (χ1) is 5.95. The molecule has 1 N–H and O–H groups in total. The van der Waals surface area contributed by atoms with Gasteiger partial charge in [0.2, 0.25) is 0 Å². The Bertz CT molecular complexity index is 227. The van der Waals surface area contributed by atoms with Gasteiger partial charge in [0.1, 0.15) is 0 Å². The average Bonchev–Trinajstić information content (AvgIpc) is 2.26. The van der Waals surface area contributed by atoms with Gasteiger partial charge in [-0.2, -0.15) is 0 Å². The van der Waals surface area contributed by atoms with Crippen LogP contribution in [0.1, 0.15) is 20.3 Å². The van der Waals surface area contributed by atoms with Gasteiger partial charge in [0.15, 0.2) is 0 Å². The van der Waals surface area contributed by atoms with E-state index in [4.69, 9.17) is 5.11 Å². The number of aliphatic carboxylic acids is 1. The molecule has 5 nitrogen and oxygen atoms in total. The molecule has 0 saturated carbocycles. The van der Waals surface area contributed by atoms with Crippen LogP contribution in [-0.4, -0.2) is 29.2 Å². The summed E-state index contributed by atoms with van der Waals surface area (Å²) in [5.41, 5.74) is -0.133. The van der Waals surface area contributed by atoms with Crippen LogP contribution < -0.4 is 0 Å². The first-order valence-electron chi connectivity index (χ1n) is 4.26. The SMILES string of the molecule is CC1(C)CN(N=O)CC1CC(=O)O. The second-order valence-corrected chi connectivity index (χ2v) is 4.21. The smallest absolute Gasteiger partial charge is 0.303 e. The molecule has 1 aliphatic heterocycles. The van der Waals surface area contributed by atoms with Gasteiger partial charge in [-0.25, -0.2) is 0 Å². The highest BCUT2D eigenvalue weighted by Gasteiger charge is 2.40. The second-order valence-electron chi connectivity index (χ2n) is 4.21. The van der Waals surface area contributed by atoms with E-state index in [0.29, 0.717) is 13.1 Å². The number of rotatable bonds is 3. The number of carboxylic acid groups (broad SMARTS) is 1. The van der Waals surface area contributed by atoms with Crippen LogP contribution in [0.25, 0.3) is 0 Å². The molecular weight excluding hydrogens is 172 g/mol. The zero-order valence-electron chi connectivity index (χ0n) is 7.86. The van der Waals surface area contributed by atoms with Gasteiger partial charge in [-0.3, -0.25) is 9.80 Å². The lowest BCUT2D eigenvalue weighted by molar-refractivity contribution is -0.138. The van der Waals surface area contributed by atoms with E-state index in [9.17, 15) is 9.70 Å². The summed E-state index contributed by atoms with van der Waals surface area (Å²) >= 11 is 0. The lowest BCUT2D eigenvalue weighted by Gasteiger charge is -2.22. The van der Waals surface area contributed by atoms with Crippen LogP contribution in [0.15, 0.2) is 5.29 Å². The zero-order chi connectivity index (χ0) is 10.1. The van der Waals surface area contributed by atoms with Gasteiger partial charge in [-0.1, -0.05) is 13.8 Å². The predicted octanol–water partition coefficient (Wildman–Crippen LogP) is 1.10. The van der Waals surface area contributed by atoms with Crippen molar-refractivity contribution in [1.82, 2.24) is 5.01 Å². The minimum Gasteiger partial charge on any atom is -0.481 e. The number of carboxylic acids is 1. The summed E-state index contributed by atoms with van der Waals surface area (Å²) in [6, 6.07) is 0. The van der Waals surface area contributed by atoms with Crippen molar-refractivity contribution in [2.24, 2.45) is 16.6 Å². The summed E-state index contributed by atoms with van der Waals surface area (Å²) in [5.74, 6) is -0.798. The molecule has 0 spiro atoms. The van der Waals surface area contributed by atoms with Crippen molar-refractivity contribution in [2.75, 3.05) is 13.1 Å². The molecule has 0 aliphatic carbocycles. The van der Waals surface area contributed by atoms with E-state index in [-0.39, 0.29) is 17.8 Å². The lowest BCUT2D eigenvalue weighted by Crippen LogP contribution is -2.24. The number of nitroso groups, excluding NO2 is 1. The maximum atomic E-state index is 10.5. The van der Waals surface area contributed by atoms with Gasteiger partial charge < -0.3 is 5.11 Å². The molecule has 5 heteroatoms. The zero-order valence-corrected chi connectivity index (χ0v) is 7.86. The first kappa shape index (κ1) is 9.95. The van der Waals surface area contributed by atoms with Gasteiger partial charge in [0.25, 0.3) is 0 Å². The molecule has 13 heavy (non-hydrogen) atoms. The number of nitrogens with zero attached hydrogens (tertiary/aromatic N) is 2. The van der Waals surface area contributed by atoms with E-state index in [1.165, 1.54) is 5.01 Å². The van der Waals surface area contributed by atoms with Crippen LogP contribution in [0.5, 0.6) is 0 Å². The van der Waals surface area contributed by atoms with Crippen molar-refractivity contribution in [1.29, 1.82) is 0 Å². The quantitative estimate of drug-likeness (QED) is 0.670. The molecule has 1 rings (SSSR count). The summed E-state index contributed by atoms with van der Waals surface area (Å²) in [7, 11) is 0. The van der Waals surface area contributed by atoms with Gasteiger partial charge >= 0.3 is 5.97 Å². The number of hydrogen-bond donors (Lipinski definition) is 1. The van der Waals surface area contributed by atoms with Crippen LogP contribution in [0.4, 0.5) is 0 Å². The lowest BCUT2D eigenvalue weighted by atomic mass is 9.80. The minimum absolute atomic E-state index is 0.0164. The maximum absolute atomic E-state index is 10.5. The van der Waals surface area contributed by atoms with Gasteiger partial charge in [-0.15, -0.1) is 4.91 Å². The van der Waals surface area contributed by atoms with E-state index in [1.54, 1.807) is 0 Å². The molecule has 0 aromatic carbocycles. The molecule has 0 radical (unpaired) electrons. The average molecular weight is 186 g/mol. The maximum Gasteiger partial charge on any atom is 0.303 e. The third-order valence-electron chi connectivity index (χ3n) is 2.66. The van der Waals surface area contributed by atoms with Gasteiger partial charge in [0, 0.05) is 13.1 Å². The summed E-state index contributed by atoms with van der Waals surface area (Å²) in [4.78, 5) is 20.8. The minimum atomic E-state index is -0.814. The Morgan fingerprint density at radius 1 is 1.69 bits per heavy atom. The molecule has 1 atom stereocenters. The van der Waals surface area contributed by atoms with E-state index in [0.717, 1.165) is 0 Å². The molecule has 1 saturated heterocycles. The molecule has 0 aromatic rings. The number of carbonyl (C=O) groups is 1. The highest BCUT2D eigenvalue weighted by atomic mass is 16.4. The van der Waals surface area contributed by atoms with Crippen molar-refractivity contribution in [3.63, 3.8) is 0 Å². The summed E-state index contributed by atoms with van der Waals surface area (Å²) in [5, 5.41) is 12.9.